The van der Waals surface area contributed by atoms with Crippen molar-refractivity contribution in [1.29, 1.82) is 0 Å². The molecule has 1 atom stereocenters. The quantitative estimate of drug-likeness (QED) is 0.651. The van der Waals surface area contributed by atoms with Gasteiger partial charge in [-0.05, 0) is 25.5 Å². The van der Waals surface area contributed by atoms with Gasteiger partial charge in [0.05, 0.1) is 10.7 Å². The molecule has 7 nitrogen and oxygen atoms in total. The van der Waals surface area contributed by atoms with Gasteiger partial charge in [0.15, 0.2) is 0 Å². The Kier molecular flexibility index (Phi) is 4.11. The van der Waals surface area contributed by atoms with Crippen molar-refractivity contribution in [3.63, 3.8) is 0 Å². The number of rotatable bonds is 4. The molecule has 19 heavy (non-hydrogen) atoms. The predicted octanol–water partition coefficient (Wildman–Crippen LogP) is 0.906. The van der Waals surface area contributed by atoms with Crippen LogP contribution in [0.25, 0.3) is 0 Å². The number of hydrogen-bond acceptors (Lipinski definition) is 6. The number of nitrogens with one attached hydrogen (secondary N) is 1. The molecule has 104 valence electrons. The van der Waals surface area contributed by atoms with Crippen molar-refractivity contribution in [2.45, 2.75) is 30.3 Å². The highest BCUT2D eigenvalue weighted by Gasteiger charge is 2.30. The fourth-order valence-corrected chi connectivity index (χ4v) is 3.83. The van der Waals surface area contributed by atoms with E-state index in [4.69, 9.17) is 0 Å². The zero-order valence-electron chi connectivity index (χ0n) is 10.3. The summed E-state index contributed by atoms with van der Waals surface area (Å²) in [7, 11) is -3.75. The van der Waals surface area contributed by atoms with E-state index in [0.717, 1.165) is 31.9 Å². The topological polar surface area (TPSA) is 102 Å². The monoisotopic (exact) mass is 285 g/mol. The van der Waals surface area contributed by atoms with Gasteiger partial charge in [0, 0.05) is 18.3 Å². The van der Waals surface area contributed by atoms with Crippen LogP contribution in [0.15, 0.2) is 23.4 Å². The highest BCUT2D eigenvalue weighted by atomic mass is 32.2. The Labute approximate surface area is 111 Å². The Balaban J connectivity index is 2.26. The minimum absolute atomic E-state index is 0.148. The summed E-state index contributed by atoms with van der Waals surface area (Å²) < 4.78 is 24.4. The van der Waals surface area contributed by atoms with Crippen LogP contribution in [0, 0.1) is 10.1 Å². The molecule has 8 heteroatoms. The number of sulfone groups is 1. The Morgan fingerprint density at radius 1 is 1.47 bits per heavy atom. The molecule has 0 bridgehead atoms. The van der Waals surface area contributed by atoms with Crippen LogP contribution in [0.1, 0.15) is 19.3 Å². The first kappa shape index (κ1) is 13.9. The molecule has 1 aliphatic heterocycles. The van der Waals surface area contributed by atoms with Crippen LogP contribution in [0.3, 0.4) is 0 Å². The molecule has 1 aromatic rings. The molecule has 1 fully saturated rings. The van der Waals surface area contributed by atoms with Gasteiger partial charge in [0.2, 0.25) is 14.9 Å². The summed E-state index contributed by atoms with van der Waals surface area (Å²) >= 11 is 0. The first-order chi connectivity index (χ1) is 9.00. The van der Waals surface area contributed by atoms with Gasteiger partial charge in [-0.2, -0.15) is 0 Å². The van der Waals surface area contributed by atoms with Crippen molar-refractivity contribution in [2.75, 3.05) is 12.3 Å². The van der Waals surface area contributed by atoms with E-state index >= 15 is 0 Å². The van der Waals surface area contributed by atoms with Crippen LogP contribution in [0.2, 0.25) is 0 Å². The maximum Gasteiger partial charge on any atom is 0.306 e. The molecular formula is C11H15N3O4S. The molecular weight excluding hydrogens is 270 g/mol. The van der Waals surface area contributed by atoms with Gasteiger partial charge in [-0.15, -0.1) is 0 Å². The van der Waals surface area contributed by atoms with Crippen molar-refractivity contribution >= 4 is 15.5 Å². The number of aromatic nitrogens is 1. The zero-order valence-corrected chi connectivity index (χ0v) is 11.1. The number of piperidine rings is 1. The molecule has 1 N–H and O–H groups in total. The summed E-state index contributed by atoms with van der Waals surface area (Å²) in [5, 5.41) is 13.5. The number of pyridine rings is 1. The zero-order chi connectivity index (χ0) is 13.9. The molecule has 0 saturated carbocycles. The second-order valence-corrected chi connectivity index (χ2v) is 6.46. The van der Waals surface area contributed by atoms with E-state index in [1.165, 1.54) is 12.3 Å². The molecule has 2 rings (SSSR count). The predicted molar refractivity (Wildman–Crippen MR) is 68.6 cm³/mol. The smallest absolute Gasteiger partial charge is 0.306 e. The Hall–Kier alpha value is -1.54. The van der Waals surface area contributed by atoms with Gasteiger partial charge in [-0.25, -0.2) is 13.4 Å². The van der Waals surface area contributed by atoms with E-state index in [-0.39, 0.29) is 11.8 Å². The van der Waals surface area contributed by atoms with E-state index in [9.17, 15) is 18.5 Å². The SMILES string of the molecule is O=[N+]([O-])c1cccnc1S(=O)(=O)C[C@@H]1CCCCN1. The van der Waals surface area contributed by atoms with E-state index < -0.39 is 25.5 Å². The lowest BCUT2D eigenvalue weighted by molar-refractivity contribution is -0.388. The molecule has 0 unspecified atom stereocenters. The lowest BCUT2D eigenvalue weighted by atomic mass is 10.1. The average molecular weight is 285 g/mol. The summed E-state index contributed by atoms with van der Waals surface area (Å²) in [6.45, 7) is 0.782. The Bertz CT molecular complexity index is 567. The summed E-state index contributed by atoms with van der Waals surface area (Å²) in [5.41, 5.74) is -0.460. The molecule has 2 heterocycles. The first-order valence-corrected chi connectivity index (χ1v) is 7.71. The summed E-state index contributed by atoms with van der Waals surface area (Å²) in [4.78, 5) is 13.8. The fourth-order valence-electron chi connectivity index (χ4n) is 2.17. The number of nitro groups is 1. The molecule has 0 amide bonds. The van der Waals surface area contributed by atoms with E-state index in [0.29, 0.717) is 0 Å². The van der Waals surface area contributed by atoms with Gasteiger partial charge < -0.3 is 5.32 Å². The summed E-state index contributed by atoms with van der Waals surface area (Å²) in [6.07, 6.45) is 4.02. The molecule has 0 radical (unpaired) electrons. The van der Waals surface area contributed by atoms with Crippen LogP contribution >= 0.6 is 0 Å². The minimum Gasteiger partial charge on any atom is -0.313 e. The Morgan fingerprint density at radius 2 is 2.26 bits per heavy atom. The first-order valence-electron chi connectivity index (χ1n) is 6.06. The maximum atomic E-state index is 12.2. The highest BCUT2D eigenvalue weighted by molar-refractivity contribution is 7.91. The molecule has 0 aromatic carbocycles. The van der Waals surface area contributed by atoms with Gasteiger partial charge in [0.25, 0.3) is 0 Å². The fraction of sp³-hybridized carbons (Fsp3) is 0.545. The minimum atomic E-state index is -3.75. The molecule has 1 aromatic heterocycles. The van der Waals surface area contributed by atoms with Crippen molar-refractivity contribution in [3.8, 4) is 0 Å². The van der Waals surface area contributed by atoms with E-state index in [1.807, 2.05) is 0 Å². The van der Waals surface area contributed by atoms with Crippen LogP contribution in [0.5, 0.6) is 0 Å². The number of hydrogen-bond donors (Lipinski definition) is 1. The highest BCUT2D eigenvalue weighted by Crippen LogP contribution is 2.23. The number of nitrogens with zero attached hydrogens (tertiary/aromatic N) is 2. The van der Waals surface area contributed by atoms with E-state index in [1.54, 1.807) is 0 Å². The molecule has 0 aliphatic carbocycles. The van der Waals surface area contributed by atoms with Crippen LogP contribution in [-0.4, -0.2) is 36.7 Å². The summed E-state index contributed by atoms with van der Waals surface area (Å²) in [5.74, 6) is -0.148. The third-order valence-corrected chi connectivity index (χ3v) is 4.82. The average Bonchev–Trinajstić information content (AvgIpc) is 2.39. The normalized spacial score (nSPS) is 20.1. The third-order valence-electron chi connectivity index (χ3n) is 3.08. The second kappa shape index (κ2) is 5.62. The van der Waals surface area contributed by atoms with Crippen molar-refractivity contribution < 1.29 is 13.3 Å². The van der Waals surface area contributed by atoms with E-state index in [2.05, 4.69) is 10.3 Å². The maximum absolute atomic E-state index is 12.2. The largest absolute Gasteiger partial charge is 0.313 e. The lowest BCUT2D eigenvalue weighted by Crippen LogP contribution is -2.39. The van der Waals surface area contributed by atoms with Crippen LogP contribution in [-0.2, 0) is 9.84 Å². The van der Waals surface area contributed by atoms with Crippen LogP contribution < -0.4 is 5.32 Å². The van der Waals surface area contributed by atoms with Gasteiger partial charge in [-0.1, -0.05) is 6.42 Å². The van der Waals surface area contributed by atoms with Gasteiger partial charge in [-0.3, -0.25) is 10.1 Å². The molecule has 0 spiro atoms. The molecule has 1 aliphatic rings. The van der Waals surface area contributed by atoms with Gasteiger partial charge in [0.1, 0.15) is 0 Å². The molecule has 1 saturated heterocycles. The lowest BCUT2D eigenvalue weighted by Gasteiger charge is -2.22. The van der Waals surface area contributed by atoms with Crippen molar-refractivity contribution in [2.24, 2.45) is 0 Å². The Morgan fingerprint density at radius 3 is 2.89 bits per heavy atom. The van der Waals surface area contributed by atoms with Gasteiger partial charge >= 0.3 is 5.69 Å². The third kappa shape index (κ3) is 3.27. The summed E-state index contributed by atoms with van der Waals surface area (Å²) in [6, 6.07) is 2.37. The van der Waals surface area contributed by atoms with Crippen molar-refractivity contribution in [1.82, 2.24) is 10.3 Å². The standard InChI is InChI=1S/C11H15N3O4S/c15-14(16)10-5-3-7-13-11(10)19(17,18)8-9-4-1-2-6-12-9/h3,5,7,9,12H,1-2,4,6,8H2/t9-/m0/s1. The van der Waals surface area contributed by atoms with Crippen LogP contribution in [0.4, 0.5) is 5.69 Å². The van der Waals surface area contributed by atoms with Crippen molar-refractivity contribution in [3.05, 3.63) is 28.4 Å². The second-order valence-electron chi connectivity index (χ2n) is 4.51.